The number of aromatic nitrogens is 1. The van der Waals surface area contributed by atoms with E-state index in [2.05, 4.69) is 15.0 Å². The molecule has 13 heteroatoms. The number of primary amides is 1. The second-order valence-corrected chi connectivity index (χ2v) is 8.92. The normalized spacial score (nSPS) is 21.9. The number of thiazole rings is 1. The Morgan fingerprint density at radius 2 is 2.21 bits per heavy atom. The molecular weight excluding hydrogens is 433 g/mol. The van der Waals surface area contributed by atoms with Gasteiger partial charge < -0.3 is 11.1 Å². The van der Waals surface area contributed by atoms with Gasteiger partial charge in [0.05, 0.1) is 17.6 Å². The average molecular weight is 448 g/mol. The molecule has 2 aromatic rings. The van der Waals surface area contributed by atoms with Gasteiger partial charge in [0, 0.05) is 17.3 Å². The highest BCUT2D eigenvalue weighted by Crippen LogP contribution is 2.30. The number of hydrogen-bond donors (Lipinski definition) is 3. The lowest BCUT2D eigenvalue weighted by Gasteiger charge is -2.36. The van der Waals surface area contributed by atoms with Crippen LogP contribution >= 0.6 is 22.9 Å². The van der Waals surface area contributed by atoms with Crippen molar-refractivity contribution in [1.82, 2.24) is 14.0 Å². The van der Waals surface area contributed by atoms with Crippen molar-refractivity contribution in [2.24, 2.45) is 5.73 Å². The van der Waals surface area contributed by atoms with E-state index in [1.165, 1.54) is 29.7 Å². The highest BCUT2D eigenvalue weighted by molar-refractivity contribution is 7.87. The van der Waals surface area contributed by atoms with Crippen LogP contribution in [0.3, 0.4) is 0 Å². The quantitative estimate of drug-likeness (QED) is 0.628. The smallest absolute Gasteiger partial charge is 0.281 e. The Labute approximate surface area is 168 Å². The summed E-state index contributed by atoms with van der Waals surface area (Å²) in [5.74, 6) is -2.29. The first-order valence-corrected chi connectivity index (χ1v) is 10.6. The number of halogens is 2. The third kappa shape index (κ3) is 4.47. The van der Waals surface area contributed by atoms with Crippen molar-refractivity contribution in [3.8, 4) is 0 Å². The zero-order valence-electron chi connectivity index (χ0n) is 14.1. The molecule has 2 unspecified atom stereocenters. The predicted octanol–water partition coefficient (Wildman–Crippen LogP) is 1.01. The minimum absolute atomic E-state index is 0.0147. The average Bonchev–Trinajstić information content (AvgIpc) is 3.13. The van der Waals surface area contributed by atoms with E-state index in [0.717, 1.165) is 6.07 Å². The molecule has 1 aliphatic heterocycles. The van der Waals surface area contributed by atoms with Crippen molar-refractivity contribution in [1.29, 1.82) is 0 Å². The van der Waals surface area contributed by atoms with Crippen LogP contribution in [0.25, 0.3) is 0 Å². The van der Waals surface area contributed by atoms with Gasteiger partial charge in [-0.1, -0.05) is 11.6 Å². The van der Waals surface area contributed by atoms with Gasteiger partial charge in [-0.3, -0.25) is 9.59 Å². The zero-order chi connectivity index (χ0) is 20.5. The van der Waals surface area contributed by atoms with Gasteiger partial charge in [-0.05, 0) is 24.6 Å². The summed E-state index contributed by atoms with van der Waals surface area (Å²) in [5.41, 5.74) is 5.33. The molecule has 3 rings (SSSR count). The molecule has 1 aromatic heterocycles. The number of benzene rings is 1. The second-order valence-electron chi connectivity index (χ2n) is 5.93. The van der Waals surface area contributed by atoms with E-state index in [1.54, 1.807) is 5.38 Å². The maximum absolute atomic E-state index is 13.3. The van der Waals surface area contributed by atoms with Gasteiger partial charge in [0.2, 0.25) is 11.8 Å². The molecule has 1 saturated heterocycles. The van der Waals surface area contributed by atoms with E-state index in [4.69, 9.17) is 17.3 Å². The zero-order valence-corrected chi connectivity index (χ0v) is 16.5. The lowest BCUT2D eigenvalue weighted by Crippen LogP contribution is -2.59. The number of nitrogens with zero attached hydrogens (tertiary/aromatic N) is 2. The van der Waals surface area contributed by atoms with Crippen LogP contribution in [0, 0.1) is 5.82 Å². The summed E-state index contributed by atoms with van der Waals surface area (Å²) in [7, 11) is -4.19. The molecule has 1 aliphatic rings. The second kappa shape index (κ2) is 8.09. The number of hydrogen-bond acceptors (Lipinski definition) is 6. The molecule has 0 spiro atoms. The highest BCUT2D eigenvalue weighted by atomic mass is 35.5. The molecule has 0 saturated carbocycles. The summed E-state index contributed by atoms with van der Waals surface area (Å²) in [6, 6.07) is 1.56. The fraction of sp³-hybridized carbons (Fsp3) is 0.267. The van der Waals surface area contributed by atoms with E-state index in [9.17, 15) is 22.4 Å². The molecule has 9 nitrogen and oxygen atoms in total. The Bertz CT molecular complexity index is 1000. The predicted molar refractivity (Wildman–Crippen MR) is 101 cm³/mol. The lowest BCUT2D eigenvalue weighted by molar-refractivity contribution is -0.122. The number of carbonyl (C=O) groups is 2. The highest BCUT2D eigenvalue weighted by Gasteiger charge is 2.44. The maximum atomic E-state index is 13.3. The number of anilines is 1. The number of amides is 2. The number of nitrogens with one attached hydrogen (secondary N) is 2. The van der Waals surface area contributed by atoms with Gasteiger partial charge in [0.1, 0.15) is 16.9 Å². The number of carbonyl (C=O) groups excluding carboxylic acids is 2. The Morgan fingerprint density at radius 3 is 2.82 bits per heavy atom. The third-order valence-corrected chi connectivity index (χ3v) is 6.72. The van der Waals surface area contributed by atoms with Gasteiger partial charge in [-0.15, -0.1) is 11.3 Å². The standard InChI is InChI=1S/C15H15ClFN5O4S2/c16-9-5-8(1-2-10(9)17)20-14(24)12-6-11(15-19-3-4-27-15)21-28(25,26)22(12)7-13(18)23/h1-5,11-12,21H,6-7H2,(H2,18,23)(H,20,24). The van der Waals surface area contributed by atoms with Crippen molar-refractivity contribution in [3.63, 3.8) is 0 Å². The summed E-state index contributed by atoms with van der Waals surface area (Å²) >= 11 is 6.93. The lowest BCUT2D eigenvalue weighted by atomic mass is 10.1. The molecule has 2 amide bonds. The molecule has 4 N–H and O–H groups in total. The van der Waals surface area contributed by atoms with E-state index in [0.29, 0.717) is 9.31 Å². The molecule has 0 aliphatic carbocycles. The number of nitrogens with two attached hydrogens (primary N) is 1. The molecule has 1 fully saturated rings. The van der Waals surface area contributed by atoms with Crippen LogP contribution < -0.4 is 15.8 Å². The van der Waals surface area contributed by atoms with Crippen molar-refractivity contribution in [2.75, 3.05) is 11.9 Å². The van der Waals surface area contributed by atoms with E-state index < -0.39 is 46.5 Å². The SMILES string of the molecule is NC(=O)CN1C(C(=O)Nc2ccc(F)c(Cl)c2)CC(c2nccs2)NS1(=O)=O. The van der Waals surface area contributed by atoms with Gasteiger partial charge in [-0.2, -0.15) is 17.4 Å². The summed E-state index contributed by atoms with van der Waals surface area (Å²) in [6.45, 7) is -0.678. The topological polar surface area (TPSA) is 134 Å². The number of rotatable bonds is 5. The van der Waals surface area contributed by atoms with Crippen LogP contribution in [0.1, 0.15) is 17.5 Å². The molecule has 2 atom stereocenters. The molecule has 1 aromatic carbocycles. The van der Waals surface area contributed by atoms with Gasteiger partial charge in [-0.25, -0.2) is 9.37 Å². The summed E-state index contributed by atoms with van der Waals surface area (Å²) in [4.78, 5) is 28.3. The van der Waals surface area contributed by atoms with Crippen molar-refractivity contribution in [2.45, 2.75) is 18.5 Å². The summed E-state index contributed by atoms with van der Waals surface area (Å²) in [6.07, 6.45) is 1.53. The van der Waals surface area contributed by atoms with Crippen molar-refractivity contribution >= 4 is 50.6 Å². The summed E-state index contributed by atoms with van der Waals surface area (Å²) < 4.78 is 41.7. The van der Waals surface area contributed by atoms with Gasteiger partial charge in [0.15, 0.2) is 0 Å². The van der Waals surface area contributed by atoms with Crippen LogP contribution in [-0.2, 0) is 19.8 Å². The Kier molecular flexibility index (Phi) is 5.95. The van der Waals surface area contributed by atoms with Crippen LogP contribution in [0.4, 0.5) is 10.1 Å². The van der Waals surface area contributed by atoms with Crippen LogP contribution in [-0.4, -0.2) is 42.1 Å². The van der Waals surface area contributed by atoms with Crippen LogP contribution in [0.2, 0.25) is 5.02 Å². The minimum Gasteiger partial charge on any atom is -0.369 e. The van der Waals surface area contributed by atoms with E-state index in [1.807, 2.05) is 0 Å². The summed E-state index contributed by atoms with van der Waals surface area (Å²) in [5, 5.41) is 4.44. The maximum Gasteiger partial charge on any atom is 0.281 e. The van der Waals surface area contributed by atoms with Gasteiger partial charge in [0.25, 0.3) is 10.2 Å². The molecule has 28 heavy (non-hydrogen) atoms. The first-order valence-electron chi connectivity index (χ1n) is 7.90. The molecule has 0 bridgehead atoms. The largest absolute Gasteiger partial charge is 0.369 e. The fourth-order valence-electron chi connectivity index (χ4n) is 2.75. The monoisotopic (exact) mass is 447 g/mol. The third-order valence-electron chi connectivity index (χ3n) is 3.96. The molecular formula is C15H15ClFN5O4S2. The first kappa shape index (κ1) is 20.6. The molecule has 150 valence electrons. The van der Waals surface area contributed by atoms with Crippen LogP contribution in [0.15, 0.2) is 29.8 Å². The molecule has 0 radical (unpaired) electrons. The van der Waals surface area contributed by atoms with E-state index in [-0.39, 0.29) is 17.1 Å². The Hall–Kier alpha value is -2.12. The fourth-order valence-corrected chi connectivity index (χ4v) is 5.22. The Balaban J connectivity index is 1.90. The van der Waals surface area contributed by atoms with E-state index >= 15 is 0 Å². The van der Waals surface area contributed by atoms with Crippen molar-refractivity contribution < 1.29 is 22.4 Å². The van der Waals surface area contributed by atoms with Crippen molar-refractivity contribution in [3.05, 3.63) is 45.6 Å². The van der Waals surface area contributed by atoms with Crippen LogP contribution in [0.5, 0.6) is 0 Å². The minimum atomic E-state index is -4.19. The van der Waals surface area contributed by atoms with Gasteiger partial charge >= 0.3 is 0 Å². The molecule has 2 heterocycles. The Morgan fingerprint density at radius 1 is 1.46 bits per heavy atom. The first-order chi connectivity index (χ1) is 13.2.